The summed E-state index contributed by atoms with van der Waals surface area (Å²) >= 11 is 2.85. The Morgan fingerprint density at radius 1 is 1.03 bits per heavy atom. The van der Waals surface area contributed by atoms with Gasteiger partial charge in [0.1, 0.15) is 5.75 Å². The minimum atomic E-state index is -0.505. The molecular formula is C26H21N3O6S2. The monoisotopic (exact) mass is 535 g/mol. The fraction of sp³-hybridized carbons (Fsp3) is 0.346. The van der Waals surface area contributed by atoms with Crippen LogP contribution in [0.15, 0.2) is 58.4 Å². The lowest BCUT2D eigenvalue weighted by molar-refractivity contribution is -0.384. The number of aromatic amines is 1. The van der Waals surface area contributed by atoms with Crippen molar-refractivity contribution in [1.29, 1.82) is 0 Å². The quantitative estimate of drug-likeness (QED) is 0.304. The number of ether oxygens (including phenoxy) is 1. The third-order valence-electron chi connectivity index (χ3n) is 8.52. The molecule has 1 aromatic heterocycles. The number of para-hydroxylation sites is 1. The number of carbonyl (C=O) groups excluding carboxylic acids is 2. The lowest BCUT2D eigenvalue weighted by atomic mass is 9.68. The van der Waals surface area contributed by atoms with Crippen LogP contribution in [0.3, 0.4) is 0 Å². The Morgan fingerprint density at radius 3 is 2.43 bits per heavy atom. The zero-order valence-corrected chi connectivity index (χ0v) is 21.2. The first-order chi connectivity index (χ1) is 17.9. The predicted octanol–water partition coefficient (Wildman–Crippen LogP) is 4.03. The summed E-state index contributed by atoms with van der Waals surface area (Å²) in [5, 5.41) is 12.0. The van der Waals surface area contributed by atoms with E-state index in [1.165, 1.54) is 40.5 Å². The van der Waals surface area contributed by atoms with Crippen LogP contribution < -0.4 is 14.5 Å². The molecule has 9 nitrogen and oxygen atoms in total. The predicted molar refractivity (Wildman–Crippen MR) is 137 cm³/mol. The van der Waals surface area contributed by atoms with Gasteiger partial charge in [0.25, 0.3) is 5.69 Å². The highest BCUT2D eigenvalue weighted by atomic mass is 32.2. The van der Waals surface area contributed by atoms with Gasteiger partial charge in [-0.1, -0.05) is 29.5 Å². The summed E-state index contributed by atoms with van der Waals surface area (Å²) in [4.78, 5) is 55.5. The molecule has 3 aromatic rings. The number of nitrogens with one attached hydrogen (secondary N) is 1. The summed E-state index contributed by atoms with van der Waals surface area (Å²) < 4.78 is 5.71. The highest BCUT2D eigenvalue weighted by Crippen LogP contribution is 2.69. The number of rotatable bonds is 4. The molecule has 7 atom stereocenters. The summed E-state index contributed by atoms with van der Waals surface area (Å²) in [6, 6.07) is 13.4. The number of methoxy groups -OCH3 is 1. The van der Waals surface area contributed by atoms with Crippen LogP contribution in [-0.4, -0.2) is 34.1 Å². The first-order valence-electron chi connectivity index (χ1n) is 12.0. The number of non-ortho nitro benzene ring substituents is 1. The smallest absolute Gasteiger partial charge is 0.305 e. The number of thiazole rings is 1. The van der Waals surface area contributed by atoms with Crippen LogP contribution in [0.1, 0.15) is 22.8 Å². The number of anilines is 1. The molecule has 7 rings (SSSR count). The molecule has 2 saturated carbocycles. The van der Waals surface area contributed by atoms with Gasteiger partial charge in [0.05, 0.1) is 34.6 Å². The van der Waals surface area contributed by atoms with Crippen LogP contribution >= 0.6 is 23.1 Å². The van der Waals surface area contributed by atoms with Crippen LogP contribution in [0.2, 0.25) is 0 Å². The molecule has 0 spiro atoms. The van der Waals surface area contributed by atoms with Crippen molar-refractivity contribution in [2.75, 3.05) is 12.0 Å². The number of carbonyl (C=O) groups is 2. The van der Waals surface area contributed by atoms with E-state index >= 15 is 0 Å². The Balaban J connectivity index is 1.31. The zero-order chi connectivity index (χ0) is 25.6. The number of nitro benzene ring substituents is 1. The van der Waals surface area contributed by atoms with Crippen molar-refractivity contribution < 1.29 is 19.2 Å². The minimum absolute atomic E-state index is 0.00161. The van der Waals surface area contributed by atoms with Crippen molar-refractivity contribution in [3.63, 3.8) is 0 Å². The lowest BCUT2D eigenvalue weighted by Crippen LogP contribution is -2.42. The third kappa shape index (κ3) is 3.07. The van der Waals surface area contributed by atoms with Gasteiger partial charge in [-0.05, 0) is 42.4 Å². The fourth-order valence-corrected chi connectivity index (χ4v) is 10.1. The maximum atomic E-state index is 13.8. The van der Waals surface area contributed by atoms with E-state index in [0.717, 1.165) is 27.6 Å². The molecule has 2 bridgehead atoms. The molecule has 1 saturated heterocycles. The van der Waals surface area contributed by atoms with Crippen molar-refractivity contribution >= 4 is 46.3 Å². The highest BCUT2D eigenvalue weighted by molar-refractivity contribution is 8.00. The summed E-state index contributed by atoms with van der Waals surface area (Å²) in [6.45, 7) is 0. The number of imide groups is 1. The van der Waals surface area contributed by atoms with Gasteiger partial charge in [0, 0.05) is 33.7 Å². The molecule has 0 unspecified atom stereocenters. The second-order valence-electron chi connectivity index (χ2n) is 9.99. The Morgan fingerprint density at radius 2 is 1.73 bits per heavy atom. The number of nitrogens with zero attached hydrogens (tertiary/aromatic N) is 2. The molecule has 2 amide bonds. The molecule has 37 heavy (non-hydrogen) atoms. The number of fused-ring (bicyclic) bond motifs is 9. The van der Waals surface area contributed by atoms with E-state index < -0.39 is 16.8 Å². The summed E-state index contributed by atoms with van der Waals surface area (Å²) in [7, 11) is 1.63. The molecule has 0 radical (unpaired) electrons. The Bertz CT molecular complexity index is 1530. The van der Waals surface area contributed by atoms with Gasteiger partial charge in [0.15, 0.2) is 0 Å². The Labute approximate surface area is 219 Å². The van der Waals surface area contributed by atoms with Crippen LogP contribution in [0.25, 0.3) is 0 Å². The molecule has 2 aromatic carbocycles. The normalized spacial score (nSPS) is 31.3. The molecule has 11 heteroatoms. The SMILES string of the molecule is COc1ccccc1[C@H]1c2sc(=O)[nH]c2S[C@@H]2[C@H]3C[C@@H]([C@@H]4C(=O)N(c5ccc([N+](=O)[O-])cc5)C(=O)[C@@H]34)[C@@H]12. The van der Waals surface area contributed by atoms with E-state index in [0.29, 0.717) is 5.69 Å². The molecule has 2 aliphatic heterocycles. The van der Waals surface area contributed by atoms with Crippen LogP contribution in [0, 0.1) is 39.7 Å². The van der Waals surface area contributed by atoms with Gasteiger partial charge in [0.2, 0.25) is 11.8 Å². The van der Waals surface area contributed by atoms with E-state index in [1.807, 2.05) is 24.3 Å². The molecular weight excluding hydrogens is 514 g/mol. The Kier molecular flexibility index (Phi) is 4.93. The van der Waals surface area contributed by atoms with Crippen molar-refractivity contribution in [2.24, 2.45) is 29.6 Å². The van der Waals surface area contributed by atoms with Crippen molar-refractivity contribution in [2.45, 2.75) is 22.6 Å². The zero-order valence-electron chi connectivity index (χ0n) is 19.5. The van der Waals surface area contributed by atoms with Gasteiger partial charge in [-0.2, -0.15) is 0 Å². The van der Waals surface area contributed by atoms with Crippen LogP contribution in [-0.2, 0) is 9.59 Å². The maximum Gasteiger partial charge on any atom is 0.305 e. The standard InChI is InChI=1S/C26H21N3O6S2/c1-35-16-5-3-2-4-13(16)17-18-14-10-15(21(18)36-23-22(17)37-26(32)27-23)20-19(14)24(30)28(25(20)31)11-6-8-12(9-7-11)29(33)34/h2-9,14-15,17-21H,10H2,1H3,(H,27,32)/t14-,15+,17-,18+,19+,20+,21-/m1/s1. The van der Waals surface area contributed by atoms with E-state index in [1.54, 1.807) is 18.9 Å². The fourth-order valence-electron chi connectivity index (χ4n) is 7.27. The second kappa shape index (κ2) is 8.03. The van der Waals surface area contributed by atoms with E-state index in [-0.39, 0.29) is 51.3 Å². The summed E-state index contributed by atoms with van der Waals surface area (Å²) in [6.07, 6.45) is 0.786. The van der Waals surface area contributed by atoms with Gasteiger partial charge in [-0.3, -0.25) is 29.4 Å². The van der Waals surface area contributed by atoms with Crippen molar-refractivity contribution in [1.82, 2.24) is 4.98 Å². The van der Waals surface area contributed by atoms with E-state index in [9.17, 15) is 24.5 Å². The van der Waals surface area contributed by atoms with Gasteiger partial charge >= 0.3 is 4.87 Å². The van der Waals surface area contributed by atoms with Gasteiger partial charge in [-0.15, -0.1) is 11.8 Å². The number of aromatic nitrogens is 1. The van der Waals surface area contributed by atoms with E-state index in [4.69, 9.17) is 4.74 Å². The van der Waals surface area contributed by atoms with Crippen LogP contribution in [0.4, 0.5) is 11.4 Å². The third-order valence-corrected chi connectivity index (χ3v) is 11.1. The number of H-pyrrole nitrogens is 1. The number of thioether (sulfide) groups is 1. The molecule has 4 aliphatic rings. The largest absolute Gasteiger partial charge is 0.496 e. The summed E-state index contributed by atoms with van der Waals surface area (Å²) in [5.41, 5.74) is 1.27. The lowest BCUT2D eigenvalue weighted by Gasteiger charge is -2.43. The van der Waals surface area contributed by atoms with Crippen LogP contribution in [0.5, 0.6) is 5.75 Å². The first-order valence-corrected chi connectivity index (χ1v) is 13.7. The molecule has 3 heterocycles. The first kappa shape index (κ1) is 22.7. The average molecular weight is 536 g/mol. The number of amides is 2. The molecule has 188 valence electrons. The number of hydrogen-bond acceptors (Lipinski definition) is 8. The van der Waals surface area contributed by atoms with Crippen molar-refractivity contribution in [3.05, 3.63) is 78.8 Å². The van der Waals surface area contributed by atoms with E-state index in [2.05, 4.69) is 4.98 Å². The number of hydrogen-bond donors (Lipinski definition) is 1. The summed E-state index contributed by atoms with van der Waals surface area (Å²) in [5.74, 6) is -0.652. The Hall–Kier alpha value is -3.44. The number of benzene rings is 2. The topological polar surface area (TPSA) is 123 Å². The van der Waals surface area contributed by atoms with Gasteiger partial charge < -0.3 is 9.72 Å². The molecule has 3 fully saturated rings. The van der Waals surface area contributed by atoms with Gasteiger partial charge in [-0.25, -0.2) is 0 Å². The number of nitro groups is 1. The highest BCUT2D eigenvalue weighted by Gasteiger charge is 2.69. The molecule has 1 N–H and O–H groups in total. The second-order valence-corrected chi connectivity index (χ2v) is 12.2. The average Bonchev–Trinajstić information content (AvgIpc) is 3.63. The maximum absolute atomic E-state index is 13.8. The molecule has 2 aliphatic carbocycles. The minimum Gasteiger partial charge on any atom is -0.496 e. The van der Waals surface area contributed by atoms with Crippen molar-refractivity contribution in [3.8, 4) is 5.75 Å².